The van der Waals surface area contributed by atoms with E-state index in [4.69, 9.17) is 9.47 Å². The van der Waals surface area contributed by atoms with Crippen molar-refractivity contribution < 1.29 is 14.3 Å². The summed E-state index contributed by atoms with van der Waals surface area (Å²) in [5.74, 6) is 0.288. The third-order valence-corrected chi connectivity index (χ3v) is 2.19. The molecule has 2 unspecified atom stereocenters. The van der Waals surface area contributed by atoms with Crippen LogP contribution < -0.4 is 0 Å². The molecule has 0 aromatic rings. The molecule has 13 heavy (non-hydrogen) atoms. The van der Waals surface area contributed by atoms with Gasteiger partial charge in [-0.05, 0) is 6.92 Å². The van der Waals surface area contributed by atoms with Gasteiger partial charge in [-0.2, -0.15) is 0 Å². The molecule has 1 rings (SSSR count). The van der Waals surface area contributed by atoms with E-state index in [1.54, 1.807) is 6.92 Å². The summed E-state index contributed by atoms with van der Waals surface area (Å²) in [7, 11) is 0. The SMILES string of the molecule is C=C(C)C(=O)OCCC1OCC1C. The van der Waals surface area contributed by atoms with Gasteiger partial charge in [-0.25, -0.2) is 4.79 Å². The number of carbonyl (C=O) groups excluding carboxylic acids is 1. The maximum absolute atomic E-state index is 10.9. The minimum Gasteiger partial charge on any atom is -0.462 e. The molecule has 0 aromatic heterocycles. The Hall–Kier alpha value is -0.830. The van der Waals surface area contributed by atoms with Gasteiger partial charge in [-0.3, -0.25) is 0 Å². The third-order valence-electron chi connectivity index (χ3n) is 2.19. The van der Waals surface area contributed by atoms with E-state index in [1.165, 1.54) is 0 Å². The number of carbonyl (C=O) groups is 1. The van der Waals surface area contributed by atoms with Gasteiger partial charge in [0.2, 0.25) is 0 Å². The molecule has 1 saturated heterocycles. The van der Waals surface area contributed by atoms with E-state index in [-0.39, 0.29) is 12.1 Å². The van der Waals surface area contributed by atoms with Crippen LogP contribution in [0.3, 0.4) is 0 Å². The second kappa shape index (κ2) is 4.42. The molecule has 0 aromatic carbocycles. The van der Waals surface area contributed by atoms with Gasteiger partial charge in [0.1, 0.15) is 0 Å². The summed E-state index contributed by atoms with van der Waals surface area (Å²) >= 11 is 0. The van der Waals surface area contributed by atoms with E-state index in [0.717, 1.165) is 13.0 Å². The molecule has 0 bridgehead atoms. The van der Waals surface area contributed by atoms with Crippen molar-refractivity contribution in [3.05, 3.63) is 12.2 Å². The first kappa shape index (κ1) is 10.3. The Morgan fingerprint density at radius 2 is 2.38 bits per heavy atom. The van der Waals surface area contributed by atoms with Crippen LogP contribution in [0.2, 0.25) is 0 Å². The summed E-state index contributed by atoms with van der Waals surface area (Å²) in [4.78, 5) is 10.9. The van der Waals surface area contributed by atoms with E-state index in [1.807, 2.05) is 0 Å². The van der Waals surface area contributed by atoms with Crippen LogP contribution in [0, 0.1) is 5.92 Å². The standard InChI is InChI=1S/C10H16O3/c1-7(2)10(11)12-5-4-9-8(3)6-13-9/h8-9H,1,4-6H2,2-3H3. The Balaban J connectivity index is 2.07. The highest BCUT2D eigenvalue weighted by Crippen LogP contribution is 2.22. The highest BCUT2D eigenvalue weighted by Gasteiger charge is 2.27. The summed E-state index contributed by atoms with van der Waals surface area (Å²) in [5, 5.41) is 0. The lowest BCUT2D eigenvalue weighted by molar-refractivity contribution is -0.145. The number of rotatable bonds is 4. The molecule has 0 N–H and O–H groups in total. The predicted octanol–water partition coefficient (Wildman–Crippen LogP) is 1.53. The molecule has 2 atom stereocenters. The fourth-order valence-corrected chi connectivity index (χ4v) is 1.18. The van der Waals surface area contributed by atoms with Gasteiger partial charge in [-0.15, -0.1) is 0 Å². The fraction of sp³-hybridized carbons (Fsp3) is 0.700. The van der Waals surface area contributed by atoms with Crippen molar-refractivity contribution in [3.8, 4) is 0 Å². The Labute approximate surface area is 78.7 Å². The van der Waals surface area contributed by atoms with Crippen molar-refractivity contribution in [2.24, 2.45) is 5.92 Å². The monoisotopic (exact) mass is 184 g/mol. The van der Waals surface area contributed by atoms with Crippen molar-refractivity contribution in [2.75, 3.05) is 13.2 Å². The van der Waals surface area contributed by atoms with E-state index in [9.17, 15) is 4.79 Å². The first-order valence-corrected chi connectivity index (χ1v) is 4.55. The predicted molar refractivity (Wildman–Crippen MR) is 49.3 cm³/mol. The lowest BCUT2D eigenvalue weighted by Crippen LogP contribution is -2.38. The molecule has 1 aliphatic rings. The van der Waals surface area contributed by atoms with Crippen molar-refractivity contribution in [3.63, 3.8) is 0 Å². The lowest BCUT2D eigenvalue weighted by atomic mass is 9.98. The number of hydrogen-bond acceptors (Lipinski definition) is 3. The van der Waals surface area contributed by atoms with Crippen LogP contribution in [-0.4, -0.2) is 25.3 Å². The Morgan fingerprint density at radius 3 is 2.77 bits per heavy atom. The van der Waals surface area contributed by atoms with Gasteiger partial charge >= 0.3 is 5.97 Å². The molecule has 0 amide bonds. The van der Waals surface area contributed by atoms with Gasteiger partial charge in [0.05, 0.1) is 19.3 Å². The van der Waals surface area contributed by atoms with Gasteiger partial charge in [0, 0.05) is 17.9 Å². The quantitative estimate of drug-likeness (QED) is 0.491. The minimum absolute atomic E-state index is 0.276. The van der Waals surface area contributed by atoms with Gasteiger partial charge < -0.3 is 9.47 Å². The molecule has 0 saturated carbocycles. The maximum Gasteiger partial charge on any atom is 0.333 e. The molecule has 1 fully saturated rings. The van der Waals surface area contributed by atoms with Crippen molar-refractivity contribution in [1.29, 1.82) is 0 Å². The Kier molecular flexibility index (Phi) is 3.48. The van der Waals surface area contributed by atoms with Gasteiger partial charge in [0.15, 0.2) is 0 Å². The average Bonchev–Trinajstić information content (AvgIpc) is 2.09. The van der Waals surface area contributed by atoms with Crippen LogP contribution in [0.15, 0.2) is 12.2 Å². The summed E-state index contributed by atoms with van der Waals surface area (Å²) < 4.78 is 10.2. The zero-order chi connectivity index (χ0) is 9.84. The second-order valence-electron chi connectivity index (χ2n) is 3.55. The molecule has 3 heteroatoms. The molecule has 74 valence electrons. The highest BCUT2D eigenvalue weighted by atomic mass is 16.5. The zero-order valence-corrected chi connectivity index (χ0v) is 8.21. The molecule has 1 heterocycles. The van der Waals surface area contributed by atoms with Crippen molar-refractivity contribution in [1.82, 2.24) is 0 Å². The summed E-state index contributed by atoms with van der Waals surface area (Å²) in [5.41, 5.74) is 0.447. The van der Waals surface area contributed by atoms with Crippen LogP contribution in [0.1, 0.15) is 20.3 Å². The Bertz CT molecular complexity index is 210. The largest absolute Gasteiger partial charge is 0.462 e. The van der Waals surface area contributed by atoms with Crippen LogP contribution in [0.25, 0.3) is 0 Å². The van der Waals surface area contributed by atoms with Crippen molar-refractivity contribution >= 4 is 5.97 Å². The number of esters is 1. The smallest absolute Gasteiger partial charge is 0.333 e. The van der Waals surface area contributed by atoms with Gasteiger partial charge in [-0.1, -0.05) is 13.5 Å². The Morgan fingerprint density at radius 1 is 1.69 bits per heavy atom. The highest BCUT2D eigenvalue weighted by molar-refractivity contribution is 5.86. The maximum atomic E-state index is 10.9. The van der Waals surface area contributed by atoms with E-state index < -0.39 is 0 Å². The molecule has 0 aliphatic carbocycles. The molecule has 0 spiro atoms. The third kappa shape index (κ3) is 2.84. The van der Waals surface area contributed by atoms with Crippen LogP contribution in [-0.2, 0) is 14.3 Å². The van der Waals surface area contributed by atoms with E-state index in [2.05, 4.69) is 13.5 Å². The van der Waals surface area contributed by atoms with Crippen LogP contribution in [0.4, 0.5) is 0 Å². The topological polar surface area (TPSA) is 35.5 Å². The number of hydrogen-bond donors (Lipinski definition) is 0. The fourth-order valence-electron chi connectivity index (χ4n) is 1.18. The zero-order valence-electron chi connectivity index (χ0n) is 8.21. The molecule has 0 radical (unpaired) electrons. The lowest BCUT2D eigenvalue weighted by Gasteiger charge is -2.33. The molecule has 1 aliphatic heterocycles. The molecule has 3 nitrogen and oxygen atoms in total. The van der Waals surface area contributed by atoms with E-state index in [0.29, 0.717) is 18.1 Å². The average molecular weight is 184 g/mol. The first-order chi connectivity index (χ1) is 6.11. The minimum atomic E-state index is -0.313. The molecular weight excluding hydrogens is 168 g/mol. The summed E-state index contributed by atoms with van der Waals surface area (Å²) in [6, 6.07) is 0. The van der Waals surface area contributed by atoms with Gasteiger partial charge in [0.25, 0.3) is 0 Å². The summed E-state index contributed by atoms with van der Waals surface area (Å²) in [6.07, 6.45) is 1.07. The normalized spacial score (nSPS) is 26.3. The second-order valence-corrected chi connectivity index (χ2v) is 3.55. The van der Waals surface area contributed by atoms with E-state index >= 15 is 0 Å². The van der Waals surface area contributed by atoms with Crippen molar-refractivity contribution in [2.45, 2.75) is 26.4 Å². The first-order valence-electron chi connectivity index (χ1n) is 4.55. The van der Waals surface area contributed by atoms with Crippen LogP contribution >= 0.6 is 0 Å². The summed E-state index contributed by atoms with van der Waals surface area (Å²) in [6.45, 7) is 8.54. The van der Waals surface area contributed by atoms with Crippen LogP contribution in [0.5, 0.6) is 0 Å². The molecular formula is C10H16O3. The number of ether oxygens (including phenoxy) is 2.